The fraction of sp³-hybridized carbons (Fsp3) is 0. The Morgan fingerprint density at radius 2 is 2.40 bits per heavy atom. The van der Waals surface area contributed by atoms with E-state index in [-0.39, 0.29) is 0 Å². The van der Waals surface area contributed by atoms with Crippen LogP contribution in [0.2, 0.25) is 0 Å². The molecule has 0 aliphatic carbocycles. The Morgan fingerprint density at radius 3 is 3.20 bits per heavy atom. The highest BCUT2D eigenvalue weighted by atomic mass is 32.1. The minimum Gasteiger partial charge on any atom is -0.365 e. The van der Waals surface area contributed by atoms with E-state index in [1.54, 1.807) is 18.6 Å². The molecule has 0 aromatic carbocycles. The molecule has 0 atom stereocenters. The van der Waals surface area contributed by atoms with Gasteiger partial charge in [0.05, 0.1) is 23.1 Å². The summed E-state index contributed by atoms with van der Waals surface area (Å²) in [5, 5.41) is 3.81. The van der Waals surface area contributed by atoms with Gasteiger partial charge < -0.3 is 11.1 Å². The first-order valence-corrected chi connectivity index (χ1v) is 5.09. The monoisotopic (exact) mass is 218 g/mol. The van der Waals surface area contributed by atoms with Gasteiger partial charge in [-0.1, -0.05) is 0 Å². The molecule has 2 aromatic heterocycles. The van der Waals surface area contributed by atoms with Crippen molar-refractivity contribution in [1.82, 2.24) is 4.98 Å². The van der Waals surface area contributed by atoms with E-state index in [9.17, 15) is 4.79 Å². The van der Waals surface area contributed by atoms with E-state index in [0.717, 1.165) is 21.6 Å². The maximum Gasteiger partial charge on any atom is 0.261 e. The first-order valence-electron chi connectivity index (χ1n) is 4.28. The number of anilines is 1. The molecular formula is C9H6N4OS. The molecule has 74 valence electrons. The topological polar surface area (TPSA) is 80.4 Å². The van der Waals surface area contributed by atoms with Crippen molar-refractivity contribution in [2.45, 2.75) is 0 Å². The molecule has 3 heterocycles. The summed E-state index contributed by atoms with van der Waals surface area (Å²) in [7, 11) is 0. The molecule has 0 saturated heterocycles. The number of primary amides is 1. The zero-order chi connectivity index (χ0) is 10.4. The largest absolute Gasteiger partial charge is 0.365 e. The lowest BCUT2D eigenvalue weighted by Gasteiger charge is -2.07. The standard InChI is InChI=1S/C9H6N4OS/c10-8(14)7-6-5-4(12-3-13-6)1-2-11-9(5)15-7/h1-3H,(H2,10,14)(H,12,13). The fourth-order valence-corrected chi connectivity index (χ4v) is 2.57. The number of hydrogen-bond acceptors (Lipinski definition) is 5. The third-order valence-electron chi connectivity index (χ3n) is 2.21. The van der Waals surface area contributed by atoms with Crippen molar-refractivity contribution in [2.75, 3.05) is 5.32 Å². The van der Waals surface area contributed by atoms with Gasteiger partial charge in [-0.3, -0.25) is 4.79 Å². The highest BCUT2D eigenvalue weighted by Gasteiger charge is 2.20. The number of thiophene rings is 1. The van der Waals surface area contributed by atoms with Gasteiger partial charge in [-0.2, -0.15) is 0 Å². The van der Waals surface area contributed by atoms with Gasteiger partial charge in [0, 0.05) is 6.20 Å². The molecular weight excluding hydrogens is 212 g/mol. The van der Waals surface area contributed by atoms with E-state index in [1.807, 2.05) is 0 Å². The second-order valence-corrected chi connectivity index (χ2v) is 4.08. The molecule has 1 aliphatic rings. The van der Waals surface area contributed by atoms with E-state index in [1.165, 1.54) is 11.3 Å². The predicted molar refractivity (Wildman–Crippen MR) is 59.9 cm³/mol. The van der Waals surface area contributed by atoms with Gasteiger partial charge in [0.2, 0.25) is 0 Å². The second-order valence-electron chi connectivity index (χ2n) is 3.08. The van der Waals surface area contributed by atoms with Gasteiger partial charge >= 0.3 is 0 Å². The normalized spacial score (nSPS) is 12.8. The van der Waals surface area contributed by atoms with Crippen LogP contribution in [0.1, 0.15) is 9.67 Å². The summed E-state index contributed by atoms with van der Waals surface area (Å²) in [4.78, 5) is 20.8. The molecule has 5 nitrogen and oxygen atoms in total. The number of nitrogens with two attached hydrogens (primary N) is 1. The molecule has 0 bridgehead atoms. The van der Waals surface area contributed by atoms with Gasteiger partial charge in [0.15, 0.2) is 0 Å². The molecule has 1 aliphatic heterocycles. The number of aliphatic imine (C=N–C) groups is 1. The highest BCUT2D eigenvalue weighted by Crippen LogP contribution is 2.41. The number of nitrogens with one attached hydrogen (secondary N) is 1. The summed E-state index contributed by atoms with van der Waals surface area (Å²) in [6.45, 7) is 0. The van der Waals surface area contributed by atoms with Crippen molar-refractivity contribution in [2.24, 2.45) is 10.7 Å². The number of aromatic nitrogens is 1. The quantitative estimate of drug-likeness (QED) is 0.760. The van der Waals surface area contributed by atoms with Crippen LogP contribution in [0.15, 0.2) is 17.3 Å². The Hall–Kier alpha value is -1.95. The minimum atomic E-state index is -0.443. The zero-order valence-corrected chi connectivity index (χ0v) is 8.34. The van der Waals surface area contributed by atoms with E-state index >= 15 is 0 Å². The number of nitrogens with zero attached hydrogens (tertiary/aromatic N) is 2. The van der Waals surface area contributed by atoms with Crippen LogP contribution in [0.3, 0.4) is 0 Å². The lowest BCUT2D eigenvalue weighted by atomic mass is 10.2. The van der Waals surface area contributed by atoms with Crippen LogP contribution in [0.5, 0.6) is 0 Å². The average Bonchev–Trinajstić information content (AvgIpc) is 2.61. The molecule has 0 unspecified atom stereocenters. The number of rotatable bonds is 1. The van der Waals surface area contributed by atoms with Crippen LogP contribution >= 0.6 is 11.3 Å². The summed E-state index contributed by atoms with van der Waals surface area (Å²) < 4.78 is 0. The molecule has 1 amide bonds. The zero-order valence-electron chi connectivity index (χ0n) is 7.52. The molecule has 3 N–H and O–H groups in total. The van der Waals surface area contributed by atoms with Gasteiger partial charge in [-0.25, -0.2) is 9.98 Å². The molecule has 15 heavy (non-hydrogen) atoms. The summed E-state index contributed by atoms with van der Waals surface area (Å²) in [6.07, 6.45) is 3.22. The highest BCUT2D eigenvalue weighted by molar-refractivity contribution is 7.21. The molecule has 6 heteroatoms. The van der Waals surface area contributed by atoms with E-state index in [2.05, 4.69) is 15.3 Å². The predicted octanol–water partition coefficient (Wildman–Crippen LogP) is 1.48. The minimum absolute atomic E-state index is 0.443. The Bertz CT molecular complexity index is 601. The fourth-order valence-electron chi connectivity index (χ4n) is 1.59. The van der Waals surface area contributed by atoms with Crippen LogP contribution < -0.4 is 11.1 Å². The van der Waals surface area contributed by atoms with Gasteiger partial charge in [-0.05, 0) is 6.07 Å². The van der Waals surface area contributed by atoms with Gasteiger partial charge in [0.25, 0.3) is 5.91 Å². The molecule has 3 rings (SSSR count). The number of pyridine rings is 1. The van der Waals surface area contributed by atoms with Crippen molar-refractivity contribution in [3.8, 4) is 0 Å². The summed E-state index contributed by atoms with van der Waals surface area (Å²) in [5.74, 6) is -0.443. The lowest BCUT2D eigenvalue weighted by molar-refractivity contribution is 0.100. The Balaban J connectivity index is 2.47. The van der Waals surface area contributed by atoms with Crippen LogP contribution in [0.4, 0.5) is 11.4 Å². The number of carbonyl (C=O) groups is 1. The van der Waals surface area contributed by atoms with E-state index in [4.69, 9.17) is 5.73 Å². The molecule has 2 aromatic rings. The van der Waals surface area contributed by atoms with Crippen LogP contribution in [-0.2, 0) is 0 Å². The summed E-state index contributed by atoms with van der Waals surface area (Å²) in [5.41, 5.74) is 6.83. The van der Waals surface area contributed by atoms with Crippen molar-refractivity contribution in [1.29, 1.82) is 0 Å². The second kappa shape index (κ2) is 2.77. The third kappa shape index (κ3) is 1.05. The van der Waals surface area contributed by atoms with Gasteiger partial charge in [0.1, 0.15) is 9.71 Å². The van der Waals surface area contributed by atoms with Crippen molar-refractivity contribution in [3.63, 3.8) is 0 Å². The van der Waals surface area contributed by atoms with E-state index in [0.29, 0.717) is 4.88 Å². The first-order chi connectivity index (χ1) is 7.27. The molecule has 0 spiro atoms. The SMILES string of the molecule is NC(=O)c1sc2nccc3c2c1NC=N3. The summed E-state index contributed by atoms with van der Waals surface area (Å²) in [6, 6.07) is 1.81. The maximum absolute atomic E-state index is 11.2. The Labute approximate surface area is 88.6 Å². The average molecular weight is 218 g/mol. The van der Waals surface area contributed by atoms with Crippen LogP contribution in [-0.4, -0.2) is 17.2 Å². The van der Waals surface area contributed by atoms with Crippen molar-refractivity contribution >= 4 is 45.2 Å². The third-order valence-corrected chi connectivity index (χ3v) is 3.32. The van der Waals surface area contributed by atoms with Crippen LogP contribution in [0.25, 0.3) is 10.2 Å². The van der Waals surface area contributed by atoms with Crippen molar-refractivity contribution in [3.05, 3.63) is 17.1 Å². The maximum atomic E-state index is 11.2. The lowest BCUT2D eigenvalue weighted by Crippen LogP contribution is -2.12. The summed E-state index contributed by atoms with van der Waals surface area (Å²) >= 11 is 1.28. The van der Waals surface area contributed by atoms with E-state index < -0.39 is 5.91 Å². The molecule has 0 radical (unpaired) electrons. The molecule has 0 saturated carbocycles. The Morgan fingerprint density at radius 1 is 1.53 bits per heavy atom. The van der Waals surface area contributed by atoms with Gasteiger partial charge in [-0.15, -0.1) is 11.3 Å². The number of carbonyl (C=O) groups excluding carboxylic acids is 1. The number of hydrogen-bond donors (Lipinski definition) is 2. The number of amides is 1. The van der Waals surface area contributed by atoms with Crippen LogP contribution in [0, 0.1) is 0 Å². The first kappa shape index (κ1) is 8.37. The van der Waals surface area contributed by atoms with Crippen molar-refractivity contribution < 1.29 is 4.79 Å². The smallest absolute Gasteiger partial charge is 0.261 e. The Kier molecular flexibility index (Phi) is 1.54. The molecule has 0 fully saturated rings.